The maximum atomic E-state index is 13.3. The standard InChI is InChI=1S/C15H9Cl2F2N3OS/c16-10-3-2-9(6-11(10)17)20-15-22(14(23)21-24-15)7-8-1-4-12(18)13(19)5-8/h1-6H,7H2,(H,21,23)/b20-15-. The van der Waals surface area contributed by atoms with Gasteiger partial charge in [-0.3, -0.25) is 8.94 Å². The molecule has 0 amide bonds. The lowest BCUT2D eigenvalue weighted by atomic mass is 10.2. The van der Waals surface area contributed by atoms with Crippen LogP contribution in [0.1, 0.15) is 5.56 Å². The third kappa shape index (κ3) is 3.58. The molecule has 124 valence electrons. The minimum absolute atomic E-state index is 0.0518. The van der Waals surface area contributed by atoms with Gasteiger partial charge in [0.2, 0.25) is 4.80 Å². The first-order chi connectivity index (χ1) is 11.4. The lowest BCUT2D eigenvalue weighted by Crippen LogP contribution is -2.27. The van der Waals surface area contributed by atoms with Crippen molar-refractivity contribution in [3.8, 4) is 0 Å². The number of aromatic amines is 1. The Labute approximate surface area is 148 Å². The molecule has 0 bridgehead atoms. The van der Waals surface area contributed by atoms with E-state index in [2.05, 4.69) is 9.37 Å². The summed E-state index contributed by atoms with van der Waals surface area (Å²) in [5.74, 6) is -1.91. The normalized spacial score (nSPS) is 11.9. The molecule has 24 heavy (non-hydrogen) atoms. The number of hydrogen-bond donors (Lipinski definition) is 1. The molecule has 0 aliphatic rings. The van der Waals surface area contributed by atoms with Crippen LogP contribution in [0.25, 0.3) is 0 Å². The minimum Gasteiger partial charge on any atom is -0.263 e. The summed E-state index contributed by atoms with van der Waals surface area (Å²) in [7, 11) is 0. The van der Waals surface area contributed by atoms with Crippen LogP contribution in [-0.2, 0) is 6.54 Å². The van der Waals surface area contributed by atoms with Crippen LogP contribution in [0.15, 0.2) is 46.2 Å². The van der Waals surface area contributed by atoms with Gasteiger partial charge in [0.15, 0.2) is 11.6 Å². The predicted octanol–water partition coefficient (Wildman–Crippen LogP) is 4.10. The molecule has 4 nitrogen and oxygen atoms in total. The van der Waals surface area contributed by atoms with E-state index in [9.17, 15) is 13.6 Å². The Morgan fingerprint density at radius 1 is 1.08 bits per heavy atom. The first kappa shape index (κ1) is 16.9. The first-order valence-corrected chi connectivity index (χ1v) is 8.23. The molecule has 9 heteroatoms. The molecule has 1 aromatic heterocycles. The van der Waals surface area contributed by atoms with E-state index < -0.39 is 17.3 Å². The van der Waals surface area contributed by atoms with Crippen LogP contribution in [0.4, 0.5) is 14.5 Å². The molecule has 0 atom stereocenters. The van der Waals surface area contributed by atoms with Gasteiger partial charge in [-0.1, -0.05) is 29.3 Å². The molecule has 0 saturated carbocycles. The second-order valence-corrected chi connectivity index (χ2v) is 6.42. The van der Waals surface area contributed by atoms with Crippen LogP contribution in [0, 0.1) is 11.6 Å². The van der Waals surface area contributed by atoms with E-state index >= 15 is 0 Å². The fraction of sp³-hybridized carbons (Fsp3) is 0.0667. The zero-order valence-electron chi connectivity index (χ0n) is 11.9. The van der Waals surface area contributed by atoms with Gasteiger partial charge < -0.3 is 0 Å². The van der Waals surface area contributed by atoms with E-state index in [0.29, 0.717) is 26.1 Å². The molecular formula is C15H9Cl2F2N3OS. The molecule has 0 unspecified atom stereocenters. The lowest BCUT2D eigenvalue weighted by Gasteiger charge is -2.03. The van der Waals surface area contributed by atoms with Crippen LogP contribution in [0.5, 0.6) is 0 Å². The molecule has 3 rings (SSSR count). The Hall–Kier alpha value is -1.96. The topological polar surface area (TPSA) is 50.1 Å². The fourth-order valence-corrected chi connectivity index (χ4v) is 2.98. The number of hydrogen-bond acceptors (Lipinski definition) is 3. The lowest BCUT2D eigenvalue weighted by molar-refractivity contribution is 0.506. The summed E-state index contributed by atoms with van der Waals surface area (Å²) in [6, 6.07) is 8.28. The summed E-state index contributed by atoms with van der Waals surface area (Å²) < 4.78 is 30.2. The van der Waals surface area contributed by atoms with Crippen molar-refractivity contribution in [2.24, 2.45) is 4.99 Å². The maximum absolute atomic E-state index is 13.3. The number of halogens is 4. The molecule has 0 fully saturated rings. The van der Waals surface area contributed by atoms with Crippen molar-refractivity contribution in [1.29, 1.82) is 0 Å². The van der Waals surface area contributed by atoms with Gasteiger partial charge in [0.1, 0.15) is 0 Å². The zero-order valence-corrected chi connectivity index (χ0v) is 14.2. The molecule has 2 aromatic carbocycles. The van der Waals surface area contributed by atoms with Gasteiger partial charge in [-0.15, -0.1) is 0 Å². The average molecular weight is 388 g/mol. The summed E-state index contributed by atoms with van der Waals surface area (Å²) in [4.78, 5) is 16.7. The zero-order chi connectivity index (χ0) is 17.3. The van der Waals surface area contributed by atoms with Crippen molar-refractivity contribution in [3.05, 3.63) is 78.9 Å². The van der Waals surface area contributed by atoms with Crippen LogP contribution in [0.2, 0.25) is 10.0 Å². The van der Waals surface area contributed by atoms with E-state index in [0.717, 1.165) is 23.7 Å². The van der Waals surface area contributed by atoms with E-state index in [1.165, 1.54) is 10.6 Å². The highest BCUT2D eigenvalue weighted by molar-refractivity contribution is 7.02. The van der Waals surface area contributed by atoms with E-state index in [1.807, 2.05) is 0 Å². The maximum Gasteiger partial charge on any atom is 0.337 e. The fourth-order valence-electron chi connectivity index (χ4n) is 1.99. The first-order valence-electron chi connectivity index (χ1n) is 6.66. The van der Waals surface area contributed by atoms with Crippen molar-refractivity contribution in [2.75, 3.05) is 0 Å². The van der Waals surface area contributed by atoms with E-state index in [4.69, 9.17) is 23.2 Å². The monoisotopic (exact) mass is 387 g/mol. The molecule has 1 N–H and O–H groups in total. The van der Waals surface area contributed by atoms with Crippen LogP contribution >= 0.6 is 34.7 Å². The molecule has 1 heterocycles. The van der Waals surface area contributed by atoms with E-state index in [1.54, 1.807) is 18.2 Å². The van der Waals surface area contributed by atoms with Crippen molar-refractivity contribution in [3.63, 3.8) is 0 Å². The molecule has 0 spiro atoms. The van der Waals surface area contributed by atoms with Crippen molar-refractivity contribution >= 4 is 40.4 Å². The average Bonchev–Trinajstić information content (AvgIpc) is 2.87. The predicted molar refractivity (Wildman–Crippen MR) is 90.1 cm³/mol. The molecule has 0 radical (unpaired) electrons. The van der Waals surface area contributed by atoms with Crippen molar-refractivity contribution in [2.45, 2.75) is 6.54 Å². The number of benzene rings is 2. The number of H-pyrrole nitrogens is 1. The molecule has 3 aromatic rings. The molecule has 0 aliphatic carbocycles. The van der Waals surface area contributed by atoms with Gasteiger partial charge in [0, 0.05) is 0 Å². The Morgan fingerprint density at radius 2 is 1.88 bits per heavy atom. The summed E-state index contributed by atoms with van der Waals surface area (Å²) in [5, 5.41) is 0.737. The van der Waals surface area contributed by atoms with Crippen molar-refractivity contribution < 1.29 is 8.78 Å². The number of aromatic nitrogens is 2. The summed E-state index contributed by atoms with van der Waals surface area (Å²) in [6.07, 6.45) is 0. The third-order valence-electron chi connectivity index (χ3n) is 3.16. The van der Waals surface area contributed by atoms with E-state index in [-0.39, 0.29) is 6.54 Å². The van der Waals surface area contributed by atoms with Crippen LogP contribution in [0.3, 0.4) is 0 Å². The van der Waals surface area contributed by atoms with Gasteiger partial charge in [-0.05, 0) is 47.4 Å². The SMILES string of the molecule is O=c1[nH]s/c(=N\c2ccc(Cl)c(Cl)c2)n1Cc1ccc(F)c(F)c1. The van der Waals surface area contributed by atoms with Gasteiger partial charge in [-0.2, -0.15) is 0 Å². The Bertz CT molecular complexity index is 1030. The largest absolute Gasteiger partial charge is 0.337 e. The number of nitrogens with zero attached hydrogens (tertiary/aromatic N) is 2. The number of rotatable bonds is 3. The van der Waals surface area contributed by atoms with Gasteiger partial charge in [-0.25, -0.2) is 18.6 Å². The molecule has 0 saturated heterocycles. The summed E-state index contributed by atoms with van der Waals surface area (Å²) in [5.41, 5.74) is 0.551. The quantitative estimate of drug-likeness (QED) is 0.722. The summed E-state index contributed by atoms with van der Waals surface area (Å²) >= 11 is 12.8. The highest BCUT2D eigenvalue weighted by Crippen LogP contribution is 2.26. The second kappa shape index (κ2) is 6.88. The highest BCUT2D eigenvalue weighted by atomic mass is 35.5. The Balaban J connectivity index is 2.02. The van der Waals surface area contributed by atoms with Crippen molar-refractivity contribution in [1.82, 2.24) is 8.94 Å². The Kier molecular flexibility index (Phi) is 4.84. The van der Waals surface area contributed by atoms with Gasteiger partial charge in [0.25, 0.3) is 0 Å². The van der Waals surface area contributed by atoms with Crippen LogP contribution < -0.4 is 10.5 Å². The van der Waals surface area contributed by atoms with Gasteiger partial charge in [0.05, 0.1) is 22.3 Å². The molecular weight excluding hydrogens is 379 g/mol. The summed E-state index contributed by atoms with van der Waals surface area (Å²) in [6.45, 7) is 0.0518. The Morgan fingerprint density at radius 3 is 2.58 bits per heavy atom. The highest BCUT2D eigenvalue weighted by Gasteiger charge is 2.08. The second-order valence-electron chi connectivity index (χ2n) is 4.84. The van der Waals surface area contributed by atoms with Crippen LogP contribution in [-0.4, -0.2) is 8.94 Å². The smallest absolute Gasteiger partial charge is 0.263 e. The number of nitrogens with one attached hydrogen (secondary N) is 1. The molecule has 0 aliphatic heterocycles. The third-order valence-corrected chi connectivity index (χ3v) is 4.67. The van der Waals surface area contributed by atoms with Gasteiger partial charge >= 0.3 is 5.69 Å². The minimum atomic E-state index is -0.970.